The van der Waals surface area contributed by atoms with Crippen molar-refractivity contribution < 1.29 is 14.3 Å². The number of hydrogen-bond acceptors (Lipinski definition) is 4. The number of thiophene rings is 1. The molecule has 22 heavy (non-hydrogen) atoms. The van der Waals surface area contributed by atoms with Gasteiger partial charge in [0.2, 0.25) is 0 Å². The van der Waals surface area contributed by atoms with Gasteiger partial charge in [-0.15, -0.1) is 11.3 Å². The predicted octanol–water partition coefficient (Wildman–Crippen LogP) is 3.19. The van der Waals surface area contributed by atoms with Crippen LogP contribution >= 0.6 is 11.3 Å². The van der Waals surface area contributed by atoms with Crippen LogP contribution < -0.4 is 5.32 Å². The molecule has 0 aliphatic rings. The molecule has 0 unspecified atom stereocenters. The molecule has 0 atom stereocenters. The quantitative estimate of drug-likeness (QED) is 0.831. The Morgan fingerprint density at radius 3 is 2.68 bits per heavy atom. The Balaban J connectivity index is 2.14. The Labute approximate surface area is 133 Å². The van der Waals surface area contributed by atoms with Crippen LogP contribution in [-0.4, -0.2) is 23.0 Å². The Hall–Kier alpha value is -2.08. The maximum atomic E-state index is 12.3. The number of aryl methyl sites for hydroxylation is 1. The summed E-state index contributed by atoms with van der Waals surface area (Å²) in [6.07, 6.45) is -0.197. The summed E-state index contributed by atoms with van der Waals surface area (Å²) in [5.74, 6) is -0.629. The fourth-order valence-corrected chi connectivity index (χ4v) is 2.87. The Kier molecular flexibility index (Phi) is 5.03. The average Bonchev–Trinajstić information content (AvgIpc) is 3.03. The van der Waals surface area contributed by atoms with Crippen LogP contribution in [0.25, 0.3) is 0 Å². The van der Waals surface area contributed by atoms with Crippen LogP contribution in [-0.2, 0) is 11.3 Å². The summed E-state index contributed by atoms with van der Waals surface area (Å²) in [5.41, 5.74) is 2.11. The van der Waals surface area contributed by atoms with Crippen molar-refractivity contribution in [2.24, 2.45) is 0 Å². The van der Waals surface area contributed by atoms with E-state index in [1.807, 2.05) is 17.5 Å². The molecule has 118 valence electrons. The standard InChI is InChI=1S/C16H20N2O3S/c1-9(2)21-16(20)13-10(3)14(18-11(13)4)15(19)17-8-12-6-5-7-22-12/h5-7,9,18H,8H2,1-4H3,(H,17,19). The van der Waals surface area contributed by atoms with Crippen molar-refractivity contribution in [3.63, 3.8) is 0 Å². The van der Waals surface area contributed by atoms with Crippen molar-refractivity contribution in [2.45, 2.75) is 40.3 Å². The van der Waals surface area contributed by atoms with E-state index in [1.54, 1.807) is 39.0 Å². The summed E-state index contributed by atoms with van der Waals surface area (Å²) in [7, 11) is 0. The zero-order valence-electron chi connectivity index (χ0n) is 13.1. The number of ether oxygens (including phenoxy) is 1. The van der Waals surface area contributed by atoms with E-state index in [2.05, 4.69) is 10.3 Å². The predicted molar refractivity (Wildman–Crippen MR) is 86.3 cm³/mol. The molecule has 0 spiro atoms. The van der Waals surface area contributed by atoms with Crippen molar-refractivity contribution >= 4 is 23.2 Å². The summed E-state index contributed by atoms with van der Waals surface area (Å²) in [5, 5.41) is 4.81. The third kappa shape index (κ3) is 3.57. The zero-order chi connectivity index (χ0) is 16.3. The lowest BCUT2D eigenvalue weighted by atomic mass is 10.1. The van der Waals surface area contributed by atoms with Crippen LogP contribution in [0.1, 0.15) is 50.8 Å². The minimum atomic E-state index is -0.404. The van der Waals surface area contributed by atoms with Crippen LogP contribution in [0.5, 0.6) is 0 Å². The summed E-state index contributed by atoms with van der Waals surface area (Å²) in [6, 6.07) is 3.90. The lowest BCUT2D eigenvalue weighted by Gasteiger charge is -2.08. The Morgan fingerprint density at radius 2 is 2.09 bits per heavy atom. The number of rotatable bonds is 5. The maximum absolute atomic E-state index is 12.3. The topological polar surface area (TPSA) is 71.2 Å². The molecule has 6 heteroatoms. The number of carbonyl (C=O) groups excluding carboxylic acids is 2. The maximum Gasteiger partial charge on any atom is 0.340 e. The molecular formula is C16H20N2O3S. The molecule has 2 heterocycles. The van der Waals surface area contributed by atoms with Gasteiger partial charge < -0.3 is 15.0 Å². The zero-order valence-corrected chi connectivity index (χ0v) is 14.0. The fourth-order valence-electron chi connectivity index (χ4n) is 2.23. The van der Waals surface area contributed by atoms with Gasteiger partial charge in [0.25, 0.3) is 5.91 Å². The first kappa shape index (κ1) is 16.3. The van der Waals surface area contributed by atoms with E-state index in [9.17, 15) is 9.59 Å². The second-order valence-electron chi connectivity index (χ2n) is 5.34. The summed E-state index contributed by atoms with van der Waals surface area (Å²) < 4.78 is 5.22. The van der Waals surface area contributed by atoms with E-state index >= 15 is 0 Å². The molecule has 2 aromatic heterocycles. The number of H-pyrrole nitrogens is 1. The van der Waals surface area contributed by atoms with Gasteiger partial charge in [-0.2, -0.15) is 0 Å². The fraction of sp³-hybridized carbons (Fsp3) is 0.375. The summed E-state index contributed by atoms with van der Waals surface area (Å²) in [4.78, 5) is 28.5. The SMILES string of the molecule is Cc1[nH]c(C(=O)NCc2cccs2)c(C)c1C(=O)OC(C)C. The minimum absolute atomic E-state index is 0.197. The van der Waals surface area contributed by atoms with Crippen molar-refractivity contribution in [3.8, 4) is 0 Å². The number of nitrogens with one attached hydrogen (secondary N) is 2. The van der Waals surface area contributed by atoms with Gasteiger partial charge in [-0.3, -0.25) is 4.79 Å². The van der Waals surface area contributed by atoms with Gasteiger partial charge >= 0.3 is 5.97 Å². The summed E-state index contributed by atoms with van der Waals surface area (Å²) in [6.45, 7) is 7.58. The molecule has 0 fully saturated rings. The average molecular weight is 320 g/mol. The van der Waals surface area contributed by atoms with E-state index < -0.39 is 5.97 Å². The van der Waals surface area contributed by atoms with Crippen molar-refractivity contribution in [1.82, 2.24) is 10.3 Å². The van der Waals surface area contributed by atoms with Crippen LogP contribution in [0.15, 0.2) is 17.5 Å². The first-order valence-electron chi connectivity index (χ1n) is 7.11. The molecule has 2 N–H and O–H groups in total. The number of hydrogen-bond donors (Lipinski definition) is 2. The van der Waals surface area contributed by atoms with Gasteiger partial charge in [0.15, 0.2) is 0 Å². The first-order chi connectivity index (χ1) is 10.4. The lowest BCUT2D eigenvalue weighted by molar-refractivity contribution is 0.0376. The summed E-state index contributed by atoms with van der Waals surface area (Å²) >= 11 is 1.59. The largest absolute Gasteiger partial charge is 0.459 e. The molecular weight excluding hydrogens is 300 g/mol. The van der Waals surface area contributed by atoms with Crippen molar-refractivity contribution in [2.75, 3.05) is 0 Å². The van der Waals surface area contributed by atoms with E-state index in [0.29, 0.717) is 29.1 Å². The highest BCUT2D eigenvalue weighted by molar-refractivity contribution is 7.09. The highest BCUT2D eigenvalue weighted by Gasteiger charge is 2.23. The number of esters is 1. The van der Waals surface area contributed by atoms with Gasteiger partial charge in [0.1, 0.15) is 5.69 Å². The van der Waals surface area contributed by atoms with Gasteiger partial charge in [-0.05, 0) is 44.7 Å². The molecule has 2 aromatic rings. The van der Waals surface area contributed by atoms with Crippen molar-refractivity contribution in [1.29, 1.82) is 0 Å². The molecule has 5 nitrogen and oxygen atoms in total. The van der Waals surface area contributed by atoms with E-state index in [1.165, 1.54) is 0 Å². The smallest absolute Gasteiger partial charge is 0.340 e. The van der Waals surface area contributed by atoms with Gasteiger partial charge in [-0.1, -0.05) is 6.07 Å². The number of carbonyl (C=O) groups is 2. The number of amides is 1. The molecule has 1 amide bonds. The van der Waals surface area contributed by atoms with Crippen LogP contribution in [0, 0.1) is 13.8 Å². The van der Waals surface area contributed by atoms with E-state index in [-0.39, 0.29) is 12.0 Å². The second-order valence-corrected chi connectivity index (χ2v) is 6.37. The van der Waals surface area contributed by atoms with Crippen molar-refractivity contribution in [3.05, 3.63) is 44.9 Å². The molecule has 0 radical (unpaired) electrons. The first-order valence-corrected chi connectivity index (χ1v) is 7.98. The Bertz CT molecular complexity index is 672. The van der Waals surface area contributed by atoms with E-state index in [4.69, 9.17) is 4.74 Å². The Morgan fingerprint density at radius 1 is 1.36 bits per heavy atom. The monoisotopic (exact) mass is 320 g/mol. The number of aromatic amines is 1. The normalized spacial score (nSPS) is 10.8. The molecule has 0 saturated heterocycles. The minimum Gasteiger partial charge on any atom is -0.459 e. The lowest BCUT2D eigenvalue weighted by Crippen LogP contribution is -2.23. The number of aromatic nitrogens is 1. The second kappa shape index (κ2) is 6.79. The molecule has 0 aromatic carbocycles. The van der Waals surface area contributed by atoms with Crippen LogP contribution in [0.4, 0.5) is 0 Å². The molecule has 0 aliphatic carbocycles. The molecule has 2 rings (SSSR count). The van der Waals surface area contributed by atoms with Crippen LogP contribution in [0.2, 0.25) is 0 Å². The third-order valence-electron chi connectivity index (χ3n) is 3.21. The highest BCUT2D eigenvalue weighted by atomic mass is 32.1. The van der Waals surface area contributed by atoms with Crippen LogP contribution in [0.3, 0.4) is 0 Å². The molecule has 0 aliphatic heterocycles. The molecule has 0 saturated carbocycles. The van der Waals surface area contributed by atoms with Gasteiger partial charge in [-0.25, -0.2) is 4.79 Å². The van der Waals surface area contributed by atoms with E-state index in [0.717, 1.165) is 4.88 Å². The highest BCUT2D eigenvalue weighted by Crippen LogP contribution is 2.20. The third-order valence-corrected chi connectivity index (χ3v) is 4.09. The van der Waals surface area contributed by atoms with Gasteiger partial charge in [0.05, 0.1) is 18.2 Å². The molecule has 0 bridgehead atoms. The van der Waals surface area contributed by atoms with Gasteiger partial charge in [0, 0.05) is 10.6 Å².